The molecule has 0 saturated heterocycles. The molecule has 0 aliphatic heterocycles. The SMILES string of the molecule is CCCCCCCCCCCCCCCC(CC(C)C)OP(=O)(O)O. The highest BCUT2D eigenvalue weighted by Crippen LogP contribution is 2.40. The average Bonchev–Trinajstić information content (AvgIpc) is 2.49. The van der Waals surface area contributed by atoms with E-state index >= 15 is 0 Å². The van der Waals surface area contributed by atoms with E-state index in [0.29, 0.717) is 12.3 Å². The minimum Gasteiger partial charge on any atom is -0.303 e. The number of hydrogen-bond acceptors (Lipinski definition) is 2. The van der Waals surface area contributed by atoms with E-state index in [2.05, 4.69) is 20.8 Å². The fraction of sp³-hybridized carbons (Fsp3) is 1.00. The Hall–Kier alpha value is 0.110. The largest absolute Gasteiger partial charge is 0.469 e. The zero-order valence-electron chi connectivity index (χ0n) is 16.9. The molecule has 0 spiro atoms. The van der Waals surface area contributed by atoms with Crippen LogP contribution in [-0.4, -0.2) is 15.9 Å². The van der Waals surface area contributed by atoms with E-state index in [1.165, 1.54) is 70.6 Å². The van der Waals surface area contributed by atoms with Crippen LogP contribution < -0.4 is 0 Å². The summed E-state index contributed by atoms with van der Waals surface area (Å²) in [6.07, 6.45) is 18.1. The Balaban J connectivity index is 3.49. The number of hydrogen-bond donors (Lipinski definition) is 2. The first-order chi connectivity index (χ1) is 11.8. The zero-order chi connectivity index (χ0) is 19.0. The molecular weight excluding hydrogens is 335 g/mol. The van der Waals surface area contributed by atoms with Crippen LogP contribution in [-0.2, 0) is 9.09 Å². The first-order valence-corrected chi connectivity index (χ1v) is 12.1. The van der Waals surface area contributed by atoms with Crippen molar-refractivity contribution in [2.45, 2.75) is 123 Å². The van der Waals surface area contributed by atoms with Gasteiger partial charge in [-0.15, -0.1) is 0 Å². The lowest BCUT2D eigenvalue weighted by Gasteiger charge is -2.19. The molecule has 1 unspecified atom stereocenters. The van der Waals surface area contributed by atoms with E-state index in [1.54, 1.807) is 0 Å². The van der Waals surface area contributed by atoms with E-state index in [4.69, 9.17) is 14.3 Å². The van der Waals surface area contributed by atoms with Gasteiger partial charge in [0, 0.05) is 0 Å². The topological polar surface area (TPSA) is 66.8 Å². The van der Waals surface area contributed by atoms with Crippen LogP contribution in [0.1, 0.15) is 117 Å². The monoisotopic (exact) mass is 378 g/mol. The smallest absolute Gasteiger partial charge is 0.303 e. The maximum Gasteiger partial charge on any atom is 0.469 e. The number of phosphoric ester groups is 1. The molecule has 0 radical (unpaired) electrons. The molecule has 1 atom stereocenters. The van der Waals surface area contributed by atoms with E-state index in [-0.39, 0.29) is 6.10 Å². The number of unbranched alkanes of at least 4 members (excludes halogenated alkanes) is 12. The van der Waals surface area contributed by atoms with Crippen LogP contribution in [0.5, 0.6) is 0 Å². The van der Waals surface area contributed by atoms with Crippen LogP contribution in [0.4, 0.5) is 0 Å². The Morgan fingerprint density at radius 2 is 1.16 bits per heavy atom. The van der Waals surface area contributed by atoms with E-state index in [1.807, 2.05) is 0 Å². The van der Waals surface area contributed by atoms with Gasteiger partial charge in [0.2, 0.25) is 0 Å². The predicted molar refractivity (Wildman–Crippen MR) is 107 cm³/mol. The molecule has 5 heteroatoms. The molecule has 0 fully saturated rings. The molecule has 0 heterocycles. The molecular formula is C20H43O4P. The molecule has 0 aliphatic rings. The van der Waals surface area contributed by atoms with Crippen molar-refractivity contribution in [2.75, 3.05) is 0 Å². The van der Waals surface area contributed by atoms with Crippen molar-refractivity contribution in [3.05, 3.63) is 0 Å². The second-order valence-electron chi connectivity index (χ2n) is 7.88. The first-order valence-electron chi connectivity index (χ1n) is 10.6. The molecule has 0 aromatic carbocycles. The zero-order valence-corrected chi connectivity index (χ0v) is 17.8. The Morgan fingerprint density at radius 3 is 1.52 bits per heavy atom. The number of phosphoric acid groups is 1. The quantitative estimate of drug-likeness (QED) is 0.199. The van der Waals surface area contributed by atoms with Crippen LogP contribution in [0.25, 0.3) is 0 Å². The molecule has 25 heavy (non-hydrogen) atoms. The van der Waals surface area contributed by atoms with Crippen LogP contribution in [0, 0.1) is 5.92 Å². The van der Waals surface area contributed by atoms with E-state index < -0.39 is 7.82 Å². The van der Waals surface area contributed by atoms with Crippen molar-refractivity contribution in [1.82, 2.24) is 0 Å². The highest BCUT2D eigenvalue weighted by atomic mass is 31.2. The van der Waals surface area contributed by atoms with E-state index in [0.717, 1.165) is 19.3 Å². The Labute approximate surface area is 156 Å². The highest BCUT2D eigenvalue weighted by Gasteiger charge is 2.22. The van der Waals surface area contributed by atoms with Crippen LogP contribution in [0.2, 0.25) is 0 Å². The summed E-state index contributed by atoms with van der Waals surface area (Å²) in [5.74, 6) is 0.388. The second-order valence-corrected chi connectivity index (χ2v) is 9.07. The summed E-state index contributed by atoms with van der Waals surface area (Å²) in [5.41, 5.74) is 0. The molecule has 4 nitrogen and oxygen atoms in total. The summed E-state index contributed by atoms with van der Waals surface area (Å²) in [7, 11) is -4.36. The normalized spacial score (nSPS) is 13.5. The minimum absolute atomic E-state index is 0.312. The van der Waals surface area contributed by atoms with Gasteiger partial charge in [0.1, 0.15) is 0 Å². The van der Waals surface area contributed by atoms with Gasteiger partial charge in [-0.3, -0.25) is 4.52 Å². The van der Waals surface area contributed by atoms with Crippen molar-refractivity contribution >= 4 is 7.82 Å². The summed E-state index contributed by atoms with van der Waals surface area (Å²) in [6.45, 7) is 6.37. The lowest BCUT2D eigenvalue weighted by Crippen LogP contribution is -2.14. The Morgan fingerprint density at radius 1 is 0.760 bits per heavy atom. The highest BCUT2D eigenvalue weighted by molar-refractivity contribution is 7.46. The van der Waals surface area contributed by atoms with Gasteiger partial charge >= 0.3 is 7.82 Å². The maximum atomic E-state index is 11.0. The van der Waals surface area contributed by atoms with Crippen LogP contribution in [0.3, 0.4) is 0 Å². The van der Waals surface area contributed by atoms with Gasteiger partial charge in [0.05, 0.1) is 6.10 Å². The summed E-state index contributed by atoms with van der Waals surface area (Å²) in [4.78, 5) is 18.0. The molecule has 0 saturated carbocycles. The van der Waals surface area contributed by atoms with Gasteiger partial charge in [0.15, 0.2) is 0 Å². The Kier molecular flexibility index (Phi) is 16.4. The molecule has 0 bridgehead atoms. The molecule has 0 rings (SSSR count). The second kappa shape index (κ2) is 16.3. The van der Waals surface area contributed by atoms with Crippen molar-refractivity contribution in [3.8, 4) is 0 Å². The van der Waals surface area contributed by atoms with Gasteiger partial charge in [0.25, 0.3) is 0 Å². The fourth-order valence-corrected chi connectivity index (χ4v) is 3.90. The third kappa shape index (κ3) is 20.3. The van der Waals surface area contributed by atoms with Crippen molar-refractivity contribution in [2.24, 2.45) is 5.92 Å². The Bertz CT molecular complexity index is 328. The van der Waals surface area contributed by atoms with Gasteiger partial charge in [-0.1, -0.05) is 104 Å². The minimum atomic E-state index is -4.36. The number of rotatable bonds is 18. The summed E-state index contributed by atoms with van der Waals surface area (Å²) >= 11 is 0. The van der Waals surface area contributed by atoms with Crippen molar-refractivity contribution < 1.29 is 18.9 Å². The first kappa shape index (κ1) is 25.1. The standard InChI is InChI=1S/C20H43O4P/c1-4-5-6-7-8-9-10-11-12-13-14-15-16-17-20(18-19(2)3)24-25(21,22)23/h19-20H,4-18H2,1-3H3,(H2,21,22,23). The molecule has 2 N–H and O–H groups in total. The van der Waals surface area contributed by atoms with Gasteiger partial charge < -0.3 is 9.79 Å². The van der Waals surface area contributed by atoms with E-state index in [9.17, 15) is 4.57 Å². The molecule has 0 amide bonds. The molecule has 152 valence electrons. The van der Waals surface area contributed by atoms with Crippen LogP contribution >= 0.6 is 7.82 Å². The average molecular weight is 379 g/mol. The third-order valence-electron chi connectivity index (χ3n) is 4.65. The summed E-state index contributed by atoms with van der Waals surface area (Å²) in [6, 6.07) is 0. The van der Waals surface area contributed by atoms with Gasteiger partial charge in [-0.05, 0) is 18.8 Å². The lowest BCUT2D eigenvalue weighted by molar-refractivity contribution is 0.108. The molecule has 0 aromatic rings. The molecule has 0 aliphatic carbocycles. The predicted octanol–water partition coefficient (Wildman–Crippen LogP) is 6.99. The lowest BCUT2D eigenvalue weighted by atomic mass is 10.00. The summed E-state index contributed by atoms with van der Waals surface area (Å²) in [5, 5.41) is 0. The third-order valence-corrected chi connectivity index (χ3v) is 5.22. The van der Waals surface area contributed by atoms with Crippen LogP contribution in [0.15, 0.2) is 0 Å². The maximum absolute atomic E-state index is 11.0. The van der Waals surface area contributed by atoms with Crippen molar-refractivity contribution in [3.63, 3.8) is 0 Å². The van der Waals surface area contributed by atoms with Gasteiger partial charge in [-0.25, -0.2) is 4.57 Å². The van der Waals surface area contributed by atoms with Crippen molar-refractivity contribution in [1.29, 1.82) is 0 Å². The fourth-order valence-electron chi connectivity index (χ4n) is 3.32. The van der Waals surface area contributed by atoms with Gasteiger partial charge in [-0.2, -0.15) is 0 Å². The summed E-state index contributed by atoms with van der Waals surface area (Å²) < 4.78 is 16.0. The molecule has 0 aromatic heterocycles.